The van der Waals surface area contributed by atoms with Crippen LogP contribution in [0.2, 0.25) is 10.0 Å². The Labute approximate surface area is 175 Å². The number of hydrogen-bond donors (Lipinski definition) is 0. The number of thiazole rings is 1. The van der Waals surface area contributed by atoms with Gasteiger partial charge in [0.15, 0.2) is 10.9 Å². The molecule has 1 aromatic heterocycles. The molecule has 9 heteroatoms. The molecule has 1 heterocycles. The van der Waals surface area contributed by atoms with Crippen LogP contribution in [0.15, 0.2) is 30.3 Å². The third kappa shape index (κ3) is 4.60. The number of aromatic nitrogens is 1. The first kappa shape index (κ1) is 20.9. The zero-order valence-electron chi connectivity index (χ0n) is 15.2. The molecule has 0 N–H and O–H groups in total. The highest BCUT2D eigenvalue weighted by Gasteiger charge is 2.24. The van der Waals surface area contributed by atoms with E-state index in [0.717, 1.165) is 23.9 Å². The summed E-state index contributed by atoms with van der Waals surface area (Å²) in [7, 11) is 3.86. The monoisotopic (exact) mass is 443 g/mol. The molecule has 0 aliphatic rings. The van der Waals surface area contributed by atoms with Crippen molar-refractivity contribution in [2.24, 2.45) is 0 Å². The van der Waals surface area contributed by atoms with E-state index >= 15 is 0 Å². The van der Waals surface area contributed by atoms with Gasteiger partial charge in [0.1, 0.15) is 11.3 Å². The van der Waals surface area contributed by atoms with Gasteiger partial charge in [0.2, 0.25) is 0 Å². The van der Waals surface area contributed by atoms with Gasteiger partial charge in [-0.15, -0.1) is 0 Å². The van der Waals surface area contributed by atoms with Crippen LogP contribution >= 0.6 is 34.5 Å². The molecule has 3 rings (SSSR count). The molecule has 0 bridgehead atoms. The minimum absolute atomic E-state index is 0.0361. The molecule has 0 aliphatic carbocycles. The number of benzene rings is 2. The van der Waals surface area contributed by atoms with Crippen molar-refractivity contribution in [1.29, 1.82) is 0 Å². The third-order valence-corrected chi connectivity index (χ3v) is 5.60. The Balaban J connectivity index is 2.01. The third-order valence-electron chi connectivity index (χ3n) is 4.03. The maximum absolute atomic E-state index is 14.1. The van der Waals surface area contributed by atoms with Crippen molar-refractivity contribution in [3.05, 3.63) is 57.6 Å². The van der Waals surface area contributed by atoms with Crippen molar-refractivity contribution in [3.63, 3.8) is 0 Å². The Bertz CT molecular complexity index is 1030. The number of halogens is 4. The smallest absolute Gasteiger partial charge is 0.261 e. The number of fused-ring (bicyclic) bond motifs is 1. The quantitative estimate of drug-likeness (QED) is 0.505. The summed E-state index contributed by atoms with van der Waals surface area (Å²) in [5.41, 5.74) is 0.302. The Morgan fingerprint density at radius 3 is 2.57 bits per heavy atom. The maximum Gasteiger partial charge on any atom is 0.261 e. The summed E-state index contributed by atoms with van der Waals surface area (Å²) in [6.07, 6.45) is 0.663. The second-order valence-corrected chi connectivity index (χ2v) is 8.32. The molecule has 4 nitrogen and oxygen atoms in total. The Hall–Kier alpha value is -1.80. The molecule has 1 amide bonds. The predicted molar refractivity (Wildman–Crippen MR) is 111 cm³/mol. The van der Waals surface area contributed by atoms with Crippen LogP contribution in [0.3, 0.4) is 0 Å². The molecule has 2 aromatic carbocycles. The summed E-state index contributed by atoms with van der Waals surface area (Å²) in [4.78, 5) is 20.8. The number of nitrogens with zero attached hydrogens (tertiary/aromatic N) is 3. The van der Waals surface area contributed by atoms with Gasteiger partial charge in [0, 0.05) is 17.6 Å². The second kappa shape index (κ2) is 8.69. The first-order valence-corrected chi connectivity index (χ1v) is 10.0. The van der Waals surface area contributed by atoms with Gasteiger partial charge in [-0.1, -0.05) is 34.5 Å². The van der Waals surface area contributed by atoms with Crippen LogP contribution in [-0.2, 0) is 0 Å². The van der Waals surface area contributed by atoms with Gasteiger partial charge in [-0.2, -0.15) is 0 Å². The van der Waals surface area contributed by atoms with Gasteiger partial charge in [-0.05, 0) is 51.3 Å². The van der Waals surface area contributed by atoms with Crippen molar-refractivity contribution in [2.45, 2.75) is 6.42 Å². The van der Waals surface area contributed by atoms with E-state index in [-0.39, 0.29) is 27.1 Å². The van der Waals surface area contributed by atoms with E-state index in [9.17, 15) is 13.6 Å². The highest BCUT2D eigenvalue weighted by atomic mass is 35.5. The molecule has 0 saturated heterocycles. The average molecular weight is 444 g/mol. The van der Waals surface area contributed by atoms with Crippen molar-refractivity contribution >= 4 is 55.8 Å². The van der Waals surface area contributed by atoms with Crippen molar-refractivity contribution < 1.29 is 13.6 Å². The van der Waals surface area contributed by atoms with E-state index in [1.807, 2.05) is 19.0 Å². The van der Waals surface area contributed by atoms with Gasteiger partial charge in [0.05, 0.1) is 15.3 Å². The topological polar surface area (TPSA) is 36.4 Å². The fraction of sp³-hybridized carbons (Fsp3) is 0.263. The van der Waals surface area contributed by atoms with Crippen LogP contribution < -0.4 is 4.90 Å². The SMILES string of the molecule is CN(C)CCCN(C(=O)c1ccc(Cl)cc1Cl)c1nc2c(F)cc(F)cc2s1. The van der Waals surface area contributed by atoms with Crippen LogP contribution in [0.25, 0.3) is 10.2 Å². The lowest BCUT2D eigenvalue weighted by atomic mass is 10.2. The fourth-order valence-electron chi connectivity index (χ4n) is 2.70. The van der Waals surface area contributed by atoms with E-state index in [4.69, 9.17) is 23.2 Å². The van der Waals surface area contributed by atoms with E-state index in [1.54, 1.807) is 12.1 Å². The predicted octanol–water partition coefficient (Wildman–Crippen LogP) is 5.48. The molecule has 0 radical (unpaired) electrons. The number of rotatable bonds is 6. The highest BCUT2D eigenvalue weighted by Crippen LogP contribution is 2.33. The molecule has 0 aliphatic heterocycles. The van der Waals surface area contributed by atoms with Gasteiger partial charge >= 0.3 is 0 Å². The first-order chi connectivity index (χ1) is 13.3. The van der Waals surface area contributed by atoms with Crippen LogP contribution in [0.4, 0.5) is 13.9 Å². The summed E-state index contributed by atoms with van der Waals surface area (Å²) >= 11 is 13.2. The number of amides is 1. The molecule has 0 unspecified atom stereocenters. The summed E-state index contributed by atoms with van der Waals surface area (Å²) in [6.45, 7) is 1.09. The van der Waals surface area contributed by atoms with Gasteiger partial charge in [0.25, 0.3) is 5.91 Å². The second-order valence-electron chi connectivity index (χ2n) is 6.47. The van der Waals surface area contributed by atoms with E-state index < -0.39 is 11.6 Å². The summed E-state index contributed by atoms with van der Waals surface area (Å²) in [5.74, 6) is -1.82. The molecule has 0 atom stereocenters. The molecular formula is C19H17Cl2F2N3OS. The largest absolute Gasteiger partial charge is 0.309 e. The van der Waals surface area contributed by atoms with Gasteiger partial charge < -0.3 is 4.90 Å². The molecule has 0 spiro atoms. The molecule has 148 valence electrons. The van der Waals surface area contributed by atoms with E-state index in [2.05, 4.69) is 4.98 Å². The summed E-state index contributed by atoms with van der Waals surface area (Å²) in [5, 5.41) is 0.918. The lowest BCUT2D eigenvalue weighted by molar-refractivity contribution is 0.0986. The number of hydrogen-bond acceptors (Lipinski definition) is 4. The minimum Gasteiger partial charge on any atom is -0.309 e. The highest BCUT2D eigenvalue weighted by molar-refractivity contribution is 7.22. The number of carbonyl (C=O) groups excluding carboxylic acids is 1. The lowest BCUT2D eigenvalue weighted by Crippen LogP contribution is -2.33. The van der Waals surface area contributed by atoms with Crippen LogP contribution in [0.1, 0.15) is 16.8 Å². The van der Waals surface area contributed by atoms with Crippen LogP contribution in [0, 0.1) is 11.6 Å². The van der Waals surface area contributed by atoms with Crippen LogP contribution in [0.5, 0.6) is 0 Å². The normalized spacial score (nSPS) is 11.4. The Morgan fingerprint density at radius 2 is 1.89 bits per heavy atom. The van der Waals surface area contributed by atoms with Gasteiger partial charge in [-0.25, -0.2) is 13.8 Å². The van der Waals surface area contributed by atoms with Crippen molar-refractivity contribution in [2.75, 3.05) is 32.1 Å². The first-order valence-electron chi connectivity index (χ1n) is 8.43. The average Bonchev–Trinajstić information content (AvgIpc) is 3.02. The zero-order chi connectivity index (χ0) is 20.4. The number of carbonyl (C=O) groups is 1. The van der Waals surface area contributed by atoms with E-state index in [0.29, 0.717) is 22.7 Å². The molecule has 0 saturated carbocycles. The van der Waals surface area contributed by atoms with Crippen LogP contribution in [-0.4, -0.2) is 43.0 Å². The Morgan fingerprint density at radius 1 is 1.14 bits per heavy atom. The van der Waals surface area contributed by atoms with Crippen molar-refractivity contribution in [3.8, 4) is 0 Å². The summed E-state index contributed by atoms with van der Waals surface area (Å²) in [6, 6.07) is 6.59. The molecule has 28 heavy (non-hydrogen) atoms. The lowest BCUT2D eigenvalue weighted by Gasteiger charge is -2.21. The summed E-state index contributed by atoms with van der Waals surface area (Å²) < 4.78 is 27.9. The number of anilines is 1. The van der Waals surface area contributed by atoms with Crippen molar-refractivity contribution in [1.82, 2.24) is 9.88 Å². The van der Waals surface area contributed by atoms with E-state index in [1.165, 1.54) is 17.0 Å². The molecular weight excluding hydrogens is 427 g/mol. The fourth-order valence-corrected chi connectivity index (χ4v) is 4.22. The molecule has 3 aromatic rings. The maximum atomic E-state index is 14.1. The zero-order valence-corrected chi connectivity index (χ0v) is 17.5. The van der Waals surface area contributed by atoms with Gasteiger partial charge in [-0.3, -0.25) is 9.69 Å². The molecule has 0 fully saturated rings. The standard InChI is InChI=1S/C19H17Cl2F2N3OS/c1-25(2)6-3-7-26(18(27)13-5-4-11(20)8-14(13)21)19-24-17-15(23)9-12(22)10-16(17)28-19/h4-5,8-10H,3,6-7H2,1-2H3. The minimum atomic E-state index is -0.761. The Kier molecular flexibility index (Phi) is 6.50.